The summed E-state index contributed by atoms with van der Waals surface area (Å²) in [5.74, 6) is -0.103. The smallest absolute Gasteiger partial charge is 0.196 e. The highest BCUT2D eigenvalue weighted by Crippen LogP contribution is 2.22. The number of carbonyl (C=O) groups excluding carboxylic acids is 1. The normalized spacial score (nSPS) is 10.7. The number of aromatic nitrogens is 1. The summed E-state index contributed by atoms with van der Waals surface area (Å²) in [6.07, 6.45) is 1.60. The Morgan fingerprint density at radius 3 is 2.70 bits per heavy atom. The van der Waals surface area contributed by atoms with E-state index in [9.17, 15) is 4.79 Å². The van der Waals surface area contributed by atoms with Crippen LogP contribution in [0.15, 0.2) is 54.7 Å². The summed E-state index contributed by atoms with van der Waals surface area (Å²) in [5.41, 5.74) is 2.96. The fourth-order valence-corrected chi connectivity index (χ4v) is 2.48. The van der Waals surface area contributed by atoms with E-state index in [1.165, 1.54) is 0 Å². The first-order valence-electron chi connectivity index (χ1n) is 6.31. The van der Waals surface area contributed by atoms with Gasteiger partial charge in [-0.15, -0.1) is 0 Å². The first-order chi connectivity index (χ1) is 9.65. The average Bonchev–Trinajstić information content (AvgIpc) is 2.46. The molecule has 0 aliphatic heterocycles. The van der Waals surface area contributed by atoms with Crippen LogP contribution in [0, 0.1) is 6.92 Å². The monoisotopic (exact) mass is 281 g/mol. The summed E-state index contributed by atoms with van der Waals surface area (Å²) >= 11 is 6.15. The number of hydrogen-bond donors (Lipinski definition) is 0. The number of benzene rings is 2. The number of hydrogen-bond acceptors (Lipinski definition) is 2. The number of rotatable bonds is 2. The second-order valence-electron chi connectivity index (χ2n) is 4.73. The van der Waals surface area contributed by atoms with Crippen molar-refractivity contribution in [2.24, 2.45) is 0 Å². The molecule has 1 aromatic heterocycles. The van der Waals surface area contributed by atoms with Crippen LogP contribution in [0.25, 0.3) is 10.9 Å². The lowest BCUT2D eigenvalue weighted by Crippen LogP contribution is -2.03. The SMILES string of the molecule is Cc1ccc(C(=O)c2cnc3ccccc3c2)c(Cl)c1. The van der Waals surface area contributed by atoms with Gasteiger partial charge in [-0.3, -0.25) is 9.78 Å². The van der Waals surface area contributed by atoms with Crippen molar-refractivity contribution >= 4 is 28.3 Å². The zero-order valence-corrected chi connectivity index (χ0v) is 11.7. The lowest BCUT2D eigenvalue weighted by Gasteiger charge is -2.05. The molecule has 0 amide bonds. The molecule has 0 fully saturated rings. The van der Waals surface area contributed by atoms with Gasteiger partial charge in [-0.2, -0.15) is 0 Å². The minimum Gasteiger partial charge on any atom is -0.288 e. The standard InChI is InChI=1S/C17H12ClNO/c1-11-6-7-14(15(18)8-11)17(20)13-9-12-4-2-3-5-16(12)19-10-13/h2-10H,1H3. The summed E-state index contributed by atoms with van der Waals surface area (Å²) in [5, 5.41) is 1.42. The first-order valence-corrected chi connectivity index (χ1v) is 6.68. The highest BCUT2D eigenvalue weighted by atomic mass is 35.5. The van der Waals surface area contributed by atoms with Gasteiger partial charge in [0, 0.05) is 22.7 Å². The van der Waals surface area contributed by atoms with E-state index in [1.807, 2.05) is 43.3 Å². The van der Waals surface area contributed by atoms with Crippen LogP contribution >= 0.6 is 11.6 Å². The zero-order chi connectivity index (χ0) is 14.1. The van der Waals surface area contributed by atoms with E-state index in [-0.39, 0.29) is 5.78 Å². The minimum absolute atomic E-state index is 0.103. The van der Waals surface area contributed by atoms with Gasteiger partial charge in [-0.05, 0) is 36.8 Å². The molecule has 0 radical (unpaired) electrons. The molecule has 20 heavy (non-hydrogen) atoms. The maximum atomic E-state index is 12.5. The minimum atomic E-state index is -0.103. The molecule has 3 heteroatoms. The molecular weight excluding hydrogens is 270 g/mol. The number of pyridine rings is 1. The largest absolute Gasteiger partial charge is 0.288 e. The van der Waals surface area contributed by atoms with Crippen molar-refractivity contribution in [3.63, 3.8) is 0 Å². The van der Waals surface area contributed by atoms with Gasteiger partial charge in [0.15, 0.2) is 5.78 Å². The van der Waals surface area contributed by atoms with Gasteiger partial charge in [0.2, 0.25) is 0 Å². The molecule has 98 valence electrons. The van der Waals surface area contributed by atoms with Crippen molar-refractivity contribution in [2.75, 3.05) is 0 Å². The quantitative estimate of drug-likeness (QED) is 0.651. The Kier molecular flexibility index (Phi) is 3.25. The third kappa shape index (κ3) is 2.30. The maximum Gasteiger partial charge on any atom is 0.196 e. The van der Waals surface area contributed by atoms with E-state index < -0.39 is 0 Å². The van der Waals surface area contributed by atoms with E-state index in [0.717, 1.165) is 16.5 Å². The highest BCUT2D eigenvalue weighted by Gasteiger charge is 2.13. The molecule has 0 aliphatic rings. The van der Waals surface area contributed by atoms with E-state index in [2.05, 4.69) is 4.98 Å². The number of fused-ring (bicyclic) bond motifs is 1. The Morgan fingerprint density at radius 1 is 1.10 bits per heavy atom. The predicted molar refractivity (Wildman–Crippen MR) is 81.4 cm³/mol. The van der Waals surface area contributed by atoms with Gasteiger partial charge in [0.25, 0.3) is 0 Å². The van der Waals surface area contributed by atoms with Crippen LogP contribution in [0.2, 0.25) is 5.02 Å². The lowest BCUT2D eigenvalue weighted by molar-refractivity contribution is 0.103. The van der Waals surface area contributed by atoms with Crippen LogP contribution < -0.4 is 0 Å². The molecule has 3 rings (SSSR count). The molecule has 0 saturated carbocycles. The maximum absolute atomic E-state index is 12.5. The molecule has 0 bridgehead atoms. The van der Waals surface area contributed by atoms with Crippen molar-refractivity contribution in [3.8, 4) is 0 Å². The van der Waals surface area contributed by atoms with Crippen molar-refractivity contribution in [3.05, 3.63) is 76.4 Å². The topological polar surface area (TPSA) is 30.0 Å². The number of ketones is 1. The molecule has 1 heterocycles. The summed E-state index contributed by atoms with van der Waals surface area (Å²) in [4.78, 5) is 16.8. The summed E-state index contributed by atoms with van der Waals surface area (Å²) in [6, 6.07) is 15.0. The summed E-state index contributed by atoms with van der Waals surface area (Å²) in [6.45, 7) is 1.94. The Balaban J connectivity index is 2.08. The molecule has 0 unspecified atom stereocenters. The number of aryl methyl sites for hydroxylation is 1. The lowest BCUT2D eigenvalue weighted by atomic mass is 10.0. The number of halogens is 1. The molecule has 3 aromatic rings. The fraction of sp³-hybridized carbons (Fsp3) is 0.0588. The van der Waals surface area contributed by atoms with Gasteiger partial charge in [-0.1, -0.05) is 35.9 Å². The second-order valence-corrected chi connectivity index (χ2v) is 5.14. The third-order valence-corrected chi connectivity index (χ3v) is 3.53. The van der Waals surface area contributed by atoms with Gasteiger partial charge in [-0.25, -0.2) is 0 Å². The van der Waals surface area contributed by atoms with Crippen molar-refractivity contribution in [2.45, 2.75) is 6.92 Å². The summed E-state index contributed by atoms with van der Waals surface area (Å²) < 4.78 is 0. The zero-order valence-electron chi connectivity index (χ0n) is 10.9. The number of nitrogens with zero attached hydrogens (tertiary/aromatic N) is 1. The Hall–Kier alpha value is -2.19. The van der Waals surface area contributed by atoms with Crippen LogP contribution in [0.5, 0.6) is 0 Å². The van der Waals surface area contributed by atoms with E-state index >= 15 is 0 Å². The molecule has 0 atom stereocenters. The molecule has 0 spiro atoms. The van der Waals surface area contributed by atoms with Gasteiger partial charge >= 0.3 is 0 Å². The van der Waals surface area contributed by atoms with Crippen LogP contribution in [0.4, 0.5) is 0 Å². The van der Waals surface area contributed by atoms with E-state index in [1.54, 1.807) is 18.3 Å². The Morgan fingerprint density at radius 2 is 1.90 bits per heavy atom. The van der Waals surface area contributed by atoms with Gasteiger partial charge in [0.1, 0.15) is 0 Å². The Labute approximate surface area is 122 Å². The predicted octanol–water partition coefficient (Wildman–Crippen LogP) is 4.43. The van der Waals surface area contributed by atoms with Crippen molar-refractivity contribution in [1.82, 2.24) is 4.98 Å². The van der Waals surface area contributed by atoms with Crippen LogP contribution in [0.1, 0.15) is 21.5 Å². The van der Waals surface area contributed by atoms with Gasteiger partial charge < -0.3 is 0 Å². The number of carbonyl (C=O) groups is 1. The fourth-order valence-electron chi connectivity index (χ4n) is 2.15. The molecular formula is C17H12ClNO. The average molecular weight is 282 g/mol. The van der Waals surface area contributed by atoms with Crippen molar-refractivity contribution < 1.29 is 4.79 Å². The molecule has 2 aromatic carbocycles. The van der Waals surface area contributed by atoms with Crippen molar-refractivity contribution in [1.29, 1.82) is 0 Å². The van der Waals surface area contributed by atoms with E-state index in [4.69, 9.17) is 11.6 Å². The Bertz CT molecular complexity index is 811. The highest BCUT2D eigenvalue weighted by molar-refractivity contribution is 6.35. The molecule has 0 saturated heterocycles. The second kappa shape index (κ2) is 5.06. The summed E-state index contributed by atoms with van der Waals surface area (Å²) in [7, 11) is 0. The van der Waals surface area contributed by atoms with Crippen LogP contribution in [0.3, 0.4) is 0 Å². The molecule has 0 N–H and O–H groups in total. The number of para-hydroxylation sites is 1. The van der Waals surface area contributed by atoms with E-state index in [0.29, 0.717) is 16.1 Å². The third-order valence-electron chi connectivity index (χ3n) is 3.22. The van der Waals surface area contributed by atoms with Crippen LogP contribution in [-0.2, 0) is 0 Å². The molecule has 2 nitrogen and oxygen atoms in total. The van der Waals surface area contributed by atoms with Gasteiger partial charge in [0.05, 0.1) is 10.5 Å². The van der Waals surface area contributed by atoms with Crippen LogP contribution in [-0.4, -0.2) is 10.8 Å². The molecule has 0 aliphatic carbocycles. The first kappa shape index (κ1) is 12.8.